The highest BCUT2D eigenvalue weighted by Gasteiger charge is 2.19. The van der Waals surface area contributed by atoms with E-state index < -0.39 is 0 Å². The van der Waals surface area contributed by atoms with Crippen molar-refractivity contribution in [2.24, 2.45) is 0 Å². The summed E-state index contributed by atoms with van der Waals surface area (Å²) in [5, 5.41) is 5.05. The van der Waals surface area contributed by atoms with Gasteiger partial charge in [0.2, 0.25) is 5.91 Å². The minimum Gasteiger partial charge on any atom is -0.493 e. The number of thiophene rings is 1. The summed E-state index contributed by atoms with van der Waals surface area (Å²) in [4.78, 5) is 18.2. The average molecular weight is 390 g/mol. The lowest BCUT2D eigenvalue weighted by atomic mass is 10.3. The van der Waals surface area contributed by atoms with E-state index in [-0.39, 0.29) is 5.91 Å². The Balaban J connectivity index is 1.30. The van der Waals surface area contributed by atoms with Gasteiger partial charge in [-0.3, -0.25) is 14.6 Å². The van der Waals surface area contributed by atoms with Crippen LogP contribution in [0.3, 0.4) is 0 Å². The normalized spacial score (nSPS) is 15.4. The molecule has 1 amide bonds. The second-order valence-corrected chi connectivity index (χ2v) is 7.51. The van der Waals surface area contributed by atoms with Gasteiger partial charge in [0.05, 0.1) is 20.2 Å². The third-order valence-electron chi connectivity index (χ3n) is 4.54. The molecule has 1 aliphatic rings. The third kappa shape index (κ3) is 6.23. The monoisotopic (exact) mass is 389 g/mol. The Bertz CT molecular complexity index is 700. The van der Waals surface area contributed by atoms with Crippen molar-refractivity contribution in [3.05, 3.63) is 46.7 Å². The fourth-order valence-electron chi connectivity index (χ4n) is 3.08. The molecule has 1 aromatic heterocycles. The van der Waals surface area contributed by atoms with E-state index >= 15 is 0 Å². The van der Waals surface area contributed by atoms with Crippen LogP contribution in [0.15, 0.2) is 41.8 Å². The summed E-state index contributed by atoms with van der Waals surface area (Å²) in [5.41, 5.74) is 0. The maximum absolute atomic E-state index is 12.1. The van der Waals surface area contributed by atoms with Crippen LogP contribution in [0.5, 0.6) is 11.5 Å². The van der Waals surface area contributed by atoms with E-state index in [1.165, 1.54) is 4.88 Å². The van der Waals surface area contributed by atoms with Gasteiger partial charge in [0.1, 0.15) is 6.61 Å². The Morgan fingerprint density at radius 1 is 1.07 bits per heavy atom. The van der Waals surface area contributed by atoms with Gasteiger partial charge in [-0.15, -0.1) is 11.3 Å². The summed E-state index contributed by atoms with van der Waals surface area (Å²) in [7, 11) is 1.62. The van der Waals surface area contributed by atoms with Crippen LogP contribution in [-0.4, -0.2) is 68.7 Å². The number of nitrogens with one attached hydrogen (secondary N) is 1. The molecule has 146 valence electrons. The molecule has 7 heteroatoms. The average Bonchev–Trinajstić information content (AvgIpc) is 3.20. The standard InChI is InChI=1S/C20H27N3O3S/c1-25-18-6-2-3-7-19(18)26-13-8-21-20(24)16-23-11-9-22(10-12-23)15-17-5-4-14-27-17/h2-7,14H,8-13,15-16H2,1H3,(H,21,24). The Hall–Kier alpha value is -2.09. The van der Waals surface area contributed by atoms with Crippen LogP contribution >= 0.6 is 11.3 Å². The topological polar surface area (TPSA) is 54.0 Å². The molecule has 2 heterocycles. The first-order chi connectivity index (χ1) is 13.2. The van der Waals surface area contributed by atoms with Gasteiger partial charge in [-0.1, -0.05) is 18.2 Å². The minimum absolute atomic E-state index is 0.0466. The molecule has 27 heavy (non-hydrogen) atoms. The van der Waals surface area contributed by atoms with Crippen molar-refractivity contribution in [3.8, 4) is 11.5 Å². The van der Waals surface area contributed by atoms with Crippen molar-refractivity contribution in [1.82, 2.24) is 15.1 Å². The maximum Gasteiger partial charge on any atom is 0.234 e. The fraction of sp³-hybridized carbons (Fsp3) is 0.450. The van der Waals surface area contributed by atoms with E-state index in [4.69, 9.17) is 9.47 Å². The van der Waals surface area contributed by atoms with Crippen LogP contribution in [0, 0.1) is 0 Å². The number of hydrogen-bond donors (Lipinski definition) is 1. The van der Waals surface area contributed by atoms with Crippen LogP contribution in [0.25, 0.3) is 0 Å². The predicted octanol–water partition coefficient (Wildman–Crippen LogP) is 2.07. The number of piperazine rings is 1. The number of ether oxygens (including phenoxy) is 2. The fourth-order valence-corrected chi connectivity index (χ4v) is 3.82. The van der Waals surface area contributed by atoms with E-state index in [1.54, 1.807) is 18.4 Å². The second-order valence-electron chi connectivity index (χ2n) is 6.48. The number of carbonyl (C=O) groups excluding carboxylic acids is 1. The predicted molar refractivity (Wildman–Crippen MR) is 108 cm³/mol. The van der Waals surface area contributed by atoms with E-state index in [2.05, 4.69) is 32.6 Å². The first-order valence-corrected chi connectivity index (χ1v) is 10.1. The second kappa shape index (κ2) is 10.3. The van der Waals surface area contributed by atoms with Gasteiger partial charge in [-0.2, -0.15) is 0 Å². The van der Waals surface area contributed by atoms with Gasteiger partial charge in [0.15, 0.2) is 11.5 Å². The summed E-state index contributed by atoms with van der Waals surface area (Å²) in [5.74, 6) is 1.44. The minimum atomic E-state index is 0.0466. The number of benzene rings is 1. The number of methoxy groups -OCH3 is 1. The van der Waals surface area contributed by atoms with Gasteiger partial charge in [0.25, 0.3) is 0 Å². The molecular weight excluding hydrogens is 362 g/mol. The maximum atomic E-state index is 12.1. The zero-order valence-corrected chi connectivity index (χ0v) is 16.5. The number of para-hydroxylation sites is 2. The Labute approximate surface area is 164 Å². The Morgan fingerprint density at radius 2 is 1.81 bits per heavy atom. The van der Waals surface area contributed by atoms with Gasteiger partial charge < -0.3 is 14.8 Å². The Kier molecular flexibility index (Phi) is 7.50. The number of nitrogens with zero attached hydrogens (tertiary/aromatic N) is 2. The largest absolute Gasteiger partial charge is 0.493 e. The molecular formula is C20H27N3O3S. The molecule has 2 aromatic rings. The third-order valence-corrected chi connectivity index (χ3v) is 5.40. The molecule has 0 radical (unpaired) electrons. The summed E-state index contributed by atoms with van der Waals surface area (Å²) >= 11 is 1.80. The van der Waals surface area contributed by atoms with E-state index in [0.29, 0.717) is 31.2 Å². The Morgan fingerprint density at radius 3 is 2.52 bits per heavy atom. The van der Waals surface area contributed by atoms with Crippen molar-refractivity contribution >= 4 is 17.2 Å². The van der Waals surface area contributed by atoms with E-state index in [0.717, 1.165) is 32.7 Å². The van der Waals surface area contributed by atoms with Crippen molar-refractivity contribution in [2.45, 2.75) is 6.54 Å². The van der Waals surface area contributed by atoms with Crippen LogP contribution < -0.4 is 14.8 Å². The molecule has 6 nitrogen and oxygen atoms in total. The molecule has 0 bridgehead atoms. The van der Waals surface area contributed by atoms with Crippen LogP contribution in [-0.2, 0) is 11.3 Å². The number of rotatable bonds is 9. The van der Waals surface area contributed by atoms with Gasteiger partial charge >= 0.3 is 0 Å². The molecule has 0 saturated carbocycles. The zero-order chi connectivity index (χ0) is 18.9. The van der Waals surface area contributed by atoms with Crippen molar-refractivity contribution < 1.29 is 14.3 Å². The summed E-state index contributed by atoms with van der Waals surface area (Å²) in [6.07, 6.45) is 0. The lowest BCUT2D eigenvalue weighted by Crippen LogP contribution is -2.49. The lowest BCUT2D eigenvalue weighted by Gasteiger charge is -2.34. The molecule has 1 saturated heterocycles. The summed E-state index contributed by atoms with van der Waals surface area (Å²) in [6.45, 7) is 6.21. The SMILES string of the molecule is COc1ccccc1OCCNC(=O)CN1CCN(Cc2cccs2)CC1. The van der Waals surface area contributed by atoms with Crippen LogP contribution in [0.4, 0.5) is 0 Å². The molecule has 1 N–H and O–H groups in total. The number of carbonyl (C=O) groups is 1. The van der Waals surface area contributed by atoms with Gasteiger partial charge in [0, 0.05) is 37.6 Å². The molecule has 1 fully saturated rings. The highest BCUT2D eigenvalue weighted by Crippen LogP contribution is 2.25. The van der Waals surface area contributed by atoms with E-state index in [1.807, 2.05) is 24.3 Å². The highest BCUT2D eigenvalue weighted by molar-refractivity contribution is 7.09. The van der Waals surface area contributed by atoms with Crippen LogP contribution in [0.1, 0.15) is 4.88 Å². The summed E-state index contributed by atoms with van der Waals surface area (Å²) in [6, 6.07) is 11.8. The molecule has 1 aliphatic heterocycles. The summed E-state index contributed by atoms with van der Waals surface area (Å²) < 4.78 is 10.9. The molecule has 3 rings (SSSR count). The first-order valence-electron chi connectivity index (χ1n) is 9.24. The molecule has 1 aromatic carbocycles. The zero-order valence-electron chi connectivity index (χ0n) is 15.7. The molecule has 0 aliphatic carbocycles. The molecule has 0 atom stereocenters. The molecule has 0 unspecified atom stereocenters. The first kappa shape index (κ1) is 19.7. The van der Waals surface area contributed by atoms with Gasteiger partial charge in [-0.05, 0) is 23.6 Å². The smallest absolute Gasteiger partial charge is 0.234 e. The van der Waals surface area contributed by atoms with E-state index in [9.17, 15) is 4.79 Å². The quantitative estimate of drug-likeness (QED) is 0.666. The van der Waals surface area contributed by atoms with Crippen molar-refractivity contribution in [1.29, 1.82) is 0 Å². The van der Waals surface area contributed by atoms with Crippen molar-refractivity contribution in [2.75, 3.05) is 53.0 Å². The van der Waals surface area contributed by atoms with Crippen LogP contribution in [0.2, 0.25) is 0 Å². The number of hydrogen-bond acceptors (Lipinski definition) is 6. The molecule has 0 spiro atoms. The van der Waals surface area contributed by atoms with Gasteiger partial charge in [-0.25, -0.2) is 0 Å². The number of amides is 1. The lowest BCUT2D eigenvalue weighted by molar-refractivity contribution is -0.122. The van der Waals surface area contributed by atoms with Crippen molar-refractivity contribution in [3.63, 3.8) is 0 Å². The highest BCUT2D eigenvalue weighted by atomic mass is 32.1.